The van der Waals surface area contributed by atoms with E-state index in [9.17, 15) is 9.59 Å². The monoisotopic (exact) mass is 371 g/mol. The highest BCUT2D eigenvalue weighted by molar-refractivity contribution is 7.80. The molecule has 7 heteroatoms. The van der Waals surface area contributed by atoms with Gasteiger partial charge in [0.15, 0.2) is 5.11 Å². The summed E-state index contributed by atoms with van der Waals surface area (Å²) in [6.07, 6.45) is 1.02. The average Bonchev–Trinajstić information content (AvgIpc) is 2.62. The third-order valence-electron chi connectivity index (χ3n) is 3.66. The summed E-state index contributed by atoms with van der Waals surface area (Å²) in [5.41, 5.74) is 6.60. The van der Waals surface area contributed by atoms with Gasteiger partial charge in [0.1, 0.15) is 5.75 Å². The van der Waals surface area contributed by atoms with Crippen molar-refractivity contribution in [2.24, 2.45) is 5.73 Å². The summed E-state index contributed by atoms with van der Waals surface area (Å²) < 4.78 is 5.68. The van der Waals surface area contributed by atoms with Crippen LogP contribution in [0.2, 0.25) is 0 Å². The maximum atomic E-state index is 12.3. The van der Waals surface area contributed by atoms with E-state index >= 15 is 0 Å². The number of hydrogen-bond donors (Lipinski definition) is 3. The fourth-order valence-electron chi connectivity index (χ4n) is 2.09. The van der Waals surface area contributed by atoms with E-state index in [1.54, 1.807) is 48.5 Å². The van der Waals surface area contributed by atoms with Crippen LogP contribution >= 0.6 is 12.2 Å². The number of rotatable bonds is 6. The van der Waals surface area contributed by atoms with Crippen molar-refractivity contribution in [1.29, 1.82) is 0 Å². The maximum absolute atomic E-state index is 12.3. The number of benzene rings is 2. The summed E-state index contributed by atoms with van der Waals surface area (Å²) >= 11 is 5.14. The lowest BCUT2D eigenvalue weighted by atomic mass is 10.2. The molecule has 0 aliphatic carbocycles. The van der Waals surface area contributed by atoms with Crippen LogP contribution in [0, 0.1) is 0 Å². The number of thiocarbonyl (C=S) groups is 1. The molecule has 2 amide bonds. The van der Waals surface area contributed by atoms with Crippen molar-refractivity contribution in [3.63, 3.8) is 0 Å². The minimum absolute atomic E-state index is 0.114. The van der Waals surface area contributed by atoms with Crippen LogP contribution in [0.15, 0.2) is 48.5 Å². The second-order valence-corrected chi connectivity index (χ2v) is 6.12. The van der Waals surface area contributed by atoms with Gasteiger partial charge in [0.05, 0.1) is 6.10 Å². The number of nitrogens with one attached hydrogen (secondary N) is 2. The molecule has 0 aromatic heterocycles. The van der Waals surface area contributed by atoms with E-state index in [0.29, 0.717) is 22.6 Å². The van der Waals surface area contributed by atoms with E-state index in [1.807, 2.05) is 13.8 Å². The van der Waals surface area contributed by atoms with Gasteiger partial charge in [-0.15, -0.1) is 0 Å². The highest BCUT2D eigenvalue weighted by Crippen LogP contribution is 2.15. The molecule has 136 valence electrons. The quantitative estimate of drug-likeness (QED) is 0.679. The fourth-order valence-corrected chi connectivity index (χ4v) is 2.30. The number of nitrogens with two attached hydrogens (primary N) is 1. The Morgan fingerprint density at radius 2 is 1.85 bits per heavy atom. The van der Waals surface area contributed by atoms with E-state index in [4.69, 9.17) is 22.7 Å². The van der Waals surface area contributed by atoms with E-state index in [1.165, 1.54) is 0 Å². The molecule has 0 radical (unpaired) electrons. The van der Waals surface area contributed by atoms with Gasteiger partial charge in [0, 0.05) is 16.8 Å². The van der Waals surface area contributed by atoms with Gasteiger partial charge >= 0.3 is 0 Å². The Labute approximate surface area is 157 Å². The summed E-state index contributed by atoms with van der Waals surface area (Å²) in [4.78, 5) is 23.5. The Morgan fingerprint density at radius 3 is 2.46 bits per heavy atom. The number of ether oxygens (including phenoxy) is 1. The number of carbonyl (C=O) groups is 2. The highest BCUT2D eigenvalue weighted by Gasteiger charge is 2.10. The second-order valence-electron chi connectivity index (χ2n) is 5.71. The van der Waals surface area contributed by atoms with E-state index < -0.39 is 5.91 Å². The molecule has 1 unspecified atom stereocenters. The molecule has 0 saturated heterocycles. The molecule has 0 heterocycles. The standard InChI is InChI=1S/C19H21N3O3S/c1-3-12(2)25-16-9-7-13(8-10-16)18(24)22-19(26)21-15-6-4-5-14(11-15)17(20)23/h4-12H,3H2,1-2H3,(H2,20,23)(H2,21,22,24,26). The topological polar surface area (TPSA) is 93.4 Å². The zero-order chi connectivity index (χ0) is 19.1. The highest BCUT2D eigenvalue weighted by atomic mass is 32.1. The Morgan fingerprint density at radius 1 is 1.15 bits per heavy atom. The van der Waals surface area contributed by atoms with Gasteiger partial charge < -0.3 is 15.8 Å². The van der Waals surface area contributed by atoms with Gasteiger partial charge in [-0.25, -0.2) is 0 Å². The van der Waals surface area contributed by atoms with Crippen LogP contribution in [0.4, 0.5) is 5.69 Å². The van der Waals surface area contributed by atoms with Gasteiger partial charge in [0.25, 0.3) is 5.91 Å². The Bertz CT molecular complexity index is 806. The summed E-state index contributed by atoms with van der Waals surface area (Å²) in [6.45, 7) is 4.03. The van der Waals surface area contributed by atoms with Crippen LogP contribution in [0.3, 0.4) is 0 Å². The van der Waals surface area contributed by atoms with Crippen LogP contribution in [0.5, 0.6) is 5.75 Å². The molecule has 4 N–H and O–H groups in total. The predicted octanol–water partition coefficient (Wildman–Crippen LogP) is 3.09. The number of primary amides is 1. The largest absolute Gasteiger partial charge is 0.491 e. The van der Waals surface area contributed by atoms with E-state index in [0.717, 1.165) is 6.42 Å². The molecule has 0 aliphatic rings. The smallest absolute Gasteiger partial charge is 0.257 e. The number of hydrogen-bond acceptors (Lipinski definition) is 4. The van der Waals surface area contributed by atoms with Crippen LogP contribution in [-0.4, -0.2) is 23.0 Å². The molecule has 0 aliphatic heterocycles. The Balaban J connectivity index is 1.95. The lowest BCUT2D eigenvalue weighted by Crippen LogP contribution is -2.34. The third kappa shape index (κ3) is 5.56. The Hall–Kier alpha value is -2.93. The third-order valence-corrected chi connectivity index (χ3v) is 3.86. The van der Waals surface area contributed by atoms with Crippen molar-refractivity contribution in [3.8, 4) is 5.75 Å². The fraction of sp³-hybridized carbons (Fsp3) is 0.211. The maximum Gasteiger partial charge on any atom is 0.257 e. The van der Waals surface area contributed by atoms with Crippen molar-refractivity contribution in [1.82, 2.24) is 5.32 Å². The second kappa shape index (κ2) is 8.96. The van der Waals surface area contributed by atoms with Crippen molar-refractivity contribution in [3.05, 3.63) is 59.7 Å². The van der Waals surface area contributed by atoms with Crippen LogP contribution in [-0.2, 0) is 0 Å². The molecule has 0 spiro atoms. The zero-order valence-electron chi connectivity index (χ0n) is 14.6. The van der Waals surface area contributed by atoms with E-state index in [2.05, 4.69) is 10.6 Å². The molecule has 2 rings (SSSR count). The molecule has 0 saturated carbocycles. The van der Waals surface area contributed by atoms with Crippen molar-refractivity contribution in [2.45, 2.75) is 26.4 Å². The first kappa shape index (κ1) is 19.4. The van der Waals surface area contributed by atoms with Gasteiger partial charge in [-0.3, -0.25) is 14.9 Å². The molecule has 0 bridgehead atoms. The van der Waals surface area contributed by atoms with Gasteiger partial charge in [-0.2, -0.15) is 0 Å². The van der Waals surface area contributed by atoms with Crippen LogP contribution < -0.4 is 21.1 Å². The minimum atomic E-state index is -0.539. The summed E-state index contributed by atoms with van der Waals surface area (Å²) in [7, 11) is 0. The first-order chi connectivity index (χ1) is 12.4. The zero-order valence-corrected chi connectivity index (χ0v) is 15.4. The predicted molar refractivity (Wildman–Crippen MR) is 105 cm³/mol. The summed E-state index contributed by atoms with van der Waals surface area (Å²) in [6, 6.07) is 13.4. The molecular weight excluding hydrogens is 350 g/mol. The SMILES string of the molecule is CCC(C)Oc1ccc(C(=O)NC(=S)Nc2cccc(C(N)=O)c2)cc1. The van der Waals surface area contributed by atoms with Gasteiger partial charge in [0.2, 0.25) is 5.91 Å². The van der Waals surface area contributed by atoms with Crippen LogP contribution in [0.1, 0.15) is 41.0 Å². The van der Waals surface area contributed by atoms with Gasteiger partial charge in [-0.05, 0) is 68.0 Å². The lowest BCUT2D eigenvalue weighted by molar-refractivity contribution is 0.0974. The molecule has 26 heavy (non-hydrogen) atoms. The summed E-state index contributed by atoms with van der Waals surface area (Å²) in [5, 5.41) is 5.56. The minimum Gasteiger partial charge on any atom is -0.491 e. The van der Waals surface area contributed by atoms with Crippen LogP contribution in [0.25, 0.3) is 0 Å². The van der Waals surface area contributed by atoms with Gasteiger partial charge in [-0.1, -0.05) is 13.0 Å². The number of carbonyl (C=O) groups excluding carboxylic acids is 2. The molecule has 0 fully saturated rings. The molecule has 2 aromatic rings. The molecular formula is C19H21N3O3S. The molecule has 6 nitrogen and oxygen atoms in total. The Kier molecular flexibility index (Phi) is 6.68. The van der Waals surface area contributed by atoms with Crippen molar-refractivity contribution in [2.75, 3.05) is 5.32 Å². The van der Waals surface area contributed by atoms with E-state index in [-0.39, 0.29) is 17.1 Å². The first-order valence-electron chi connectivity index (χ1n) is 8.18. The number of amides is 2. The summed E-state index contributed by atoms with van der Waals surface area (Å²) in [5.74, 6) is -0.174. The molecule has 2 aromatic carbocycles. The van der Waals surface area contributed by atoms with Crippen molar-refractivity contribution >= 4 is 34.8 Å². The van der Waals surface area contributed by atoms with Crippen molar-refractivity contribution < 1.29 is 14.3 Å². The number of anilines is 1. The first-order valence-corrected chi connectivity index (χ1v) is 8.58. The normalized spacial score (nSPS) is 11.3. The molecule has 1 atom stereocenters. The lowest BCUT2D eigenvalue weighted by Gasteiger charge is -2.13. The average molecular weight is 371 g/mol.